The number of rotatable bonds is 9. The molecule has 0 bridgehead atoms. The Morgan fingerprint density at radius 2 is 1.69 bits per heavy atom. The molecule has 1 amide bonds. The second-order valence-corrected chi connectivity index (χ2v) is 10.5. The van der Waals surface area contributed by atoms with Crippen molar-refractivity contribution in [3.05, 3.63) is 53.6 Å². The van der Waals surface area contributed by atoms with E-state index in [2.05, 4.69) is 24.8 Å². The van der Waals surface area contributed by atoms with Gasteiger partial charge in [-0.1, -0.05) is 49.4 Å². The molecule has 1 heterocycles. The Morgan fingerprint density at radius 1 is 1.03 bits per heavy atom. The topological polar surface area (TPSA) is 70.6 Å². The van der Waals surface area contributed by atoms with Gasteiger partial charge in [0.25, 0.3) is 0 Å². The molecule has 0 saturated heterocycles. The van der Waals surface area contributed by atoms with E-state index in [1.807, 2.05) is 19.9 Å². The molecule has 0 aliphatic rings. The highest BCUT2D eigenvalue weighted by Gasteiger charge is 2.27. The van der Waals surface area contributed by atoms with Gasteiger partial charge in [-0.15, -0.1) is 12.4 Å². The number of aromatic nitrogens is 1. The summed E-state index contributed by atoms with van der Waals surface area (Å²) < 4.78 is 26.7. The Hall–Kier alpha value is -2.00. The normalized spacial score (nSPS) is 11.5. The van der Waals surface area contributed by atoms with Crippen molar-refractivity contribution in [2.75, 3.05) is 36.8 Å². The molecular weight excluding hydrogens is 466 g/mol. The molecule has 0 saturated carbocycles. The molecule has 32 heavy (non-hydrogen) atoms. The minimum atomic E-state index is -3.74. The molecule has 0 atom stereocenters. The van der Waals surface area contributed by atoms with Crippen LogP contribution < -0.4 is 4.90 Å². The molecule has 0 N–H and O–H groups in total. The van der Waals surface area contributed by atoms with Gasteiger partial charge < -0.3 is 4.90 Å². The number of anilines is 1. The summed E-state index contributed by atoms with van der Waals surface area (Å²) in [7, 11) is -3.74. The molecule has 0 spiro atoms. The number of benzene rings is 2. The van der Waals surface area contributed by atoms with Crippen molar-refractivity contribution in [1.82, 2.24) is 9.88 Å². The van der Waals surface area contributed by atoms with E-state index in [1.165, 1.54) is 28.4 Å². The minimum absolute atomic E-state index is 0. The summed E-state index contributed by atoms with van der Waals surface area (Å²) in [6, 6.07) is 12.2. The molecule has 0 aliphatic heterocycles. The van der Waals surface area contributed by atoms with E-state index >= 15 is 0 Å². The average Bonchev–Trinajstić information content (AvgIpc) is 3.15. The van der Waals surface area contributed by atoms with Crippen LogP contribution in [0.4, 0.5) is 5.13 Å². The van der Waals surface area contributed by atoms with Gasteiger partial charge in [0.2, 0.25) is 5.91 Å². The fourth-order valence-corrected chi connectivity index (χ4v) is 5.82. The maximum Gasteiger partial charge on any atom is 0.244 e. The Kier molecular flexibility index (Phi) is 9.21. The first-order valence-corrected chi connectivity index (χ1v) is 12.9. The van der Waals surface area contributed by atoms with Gasteiger partial charge in [0.1, 0.15) is 5.75 Å². The Bertz CT molecular complexity index is 1160. The quantitative estimate of drug-likeness (QED) is 0.437. The third kappa shape index (κ3) is 6.07. The lowest BCUT2D eigenvalue weighted by Gasteiger charge is -2.24. The third-order valence-corrected chi connectivity index (χ3v) is 8.14. The number of hydrogen-bond acceptors (Lipinski definition) is 6. The zero-order valence-electron chi connectivity index (χ0n) is 18.9. The van der Waals surface area contributed by atoms with Crippen LogP contribution in [0.25, 0.3) is 10.2 Å². The number of nitrogens with zero attached hydrogens (tertiary/aromatic N) is 3. The largest absolute Gasteiger partial charge is 0.302 e. The number of halogens is 1. The van der Waals surface area contributed by atoms with Crippen molar-refractivity contribution in [2.24, 2.45) is 0 Å². The van der Waals surface area contributed by atoms with Crippen LogP contribution in [0.15, 0.2) is 47.4 Å². The van der Waals surface area contributed by atoms with Crippen LogP contribution in [0.5, 0.6) is 0 Å². The molecule has 6 nitrogen and oxygen atoms in total. The molecule has 0 radical (unpaired) electrons. The van der Waals surface area contributed by atoms with Gasteiger partial charge in [-0.2, -0.15) is 0 Å². The van der Waals surface area contributed by atoms with Crippen LogP contribution in [0, 0.1) is 13.8 Å². The Balaban J connectivity index is 0.00000363. The molecule has 2 aromatic carbocycles. The van der Waals surface area contributed by atoms with Crippen molar-refractivity contribution in [2.45, 2.75) is 32.6 Å². The van der Waals surface area contributed by atoms with Crippen LogP contribution in [0.2, 0.25) is 0 Å². The van der Waals surface area contributed by atoms with Gasteiger partial charge in [-0.3, -0.25) is 9.69 Å². The van der Waals surface area contributed by atoms with Gasteiger partial charge >= 0.3 is 0 Å². The van der Waals surface area contributed by atoms with Gasteiger partial charge in [-0.25, -0.2) is 13.4 Å². The van der Waals surface area contributed by atoms with Crippen molar-refractivity contribution in [3.63, 3.8) is 0 Å². The maximum absolute atomic E-state index is 13.2. The lowest BCUT2D eigenvalue weighted by atomic mass is 10.1. The summed E-state index contributed by atoms with van der Waals surface area (Å²) in [5.74, 6) is -1.03. The van der Waals surface area contributed by atoms with E-state index < -0.39 is 21.5 Å². The summed E-state index contributed by atoms with van der Waals surface area (Å²) in [6.07, 6.45) is 0. The van der Waals surface area contributed by atoms with Crippen molar-refractivity contribution in [1.29, 1.82) is 0 Å². The zero-order valence-corrected chi connectivity index (χ0v) is 21.3. The maximum atomic E-state index is 13.2. The molecule has 174 valence electrons. The van der Waals surface area contributed by atoms with Crippen molar-refractivity contribution < 1.29 is 13.2 Å². The zero-order chi connectivity index (χ0) is 22.6. The molecule has 9 heteroatoms. The van der Waals surface area contributed by atoms with E-state index in [0.29, 0.717) is 18.2 Å². The Labute approximate surface area is 200 Å². The van der Waals surface area contributed by atoms with Crippen LogP contribution in [-0.4, -0.2) is 56.1 Å². The summed E-state index contributed by atoms with van der Waals surface area (Å²) in [6.45, 7) is 10.9. The second-order valence-electron chi connectivity index (χ2n) is 7.57. The van der Waals surface area contributed by atoms with E-state index in [4.69, 9.17) is 4.98 Å². The van der Waals surface area contributed by atoms with Gasteiger partial charge in [0, 0.05) is 13.1 Å². The number of thiazole rings is 1. The number of amides is 1. The smallest absolute Gasteiger partial charge is 0.244 e. The fraction of sp³-hybridized carbons (Fsp3) is 0.391. The van der Waals surface area contributed by atoms with Gasteiger partial charge in [0.15, 0.2) is 15.0 Å². The predicted octanol–water partition coefficient (Wildman–Crippen LogP) is 4.48. The highest BCUT2D eigenvalue weighted by atomic mass is 35.5. The molecule has 0 fully saturated rings. The first kappa shape index (κ1) is 26.3. The van der Waals surface area contributed by atoms with E-state index in [0.717, 1.165) is 34.4 Å². The molecule has 0 aliphatic carbocycles. The molecular formula is C23H30ClN3O3S2. The average molecular weight is 496 g/mol. The van der Waals surface area contributed by atoms with Crippen LogP contribution in [-0.2, 0) is 14.6 Å². The lowest BCUT2D eigenvalue weighted by molar-refractivity contribution is -0.116. The highest BCUT2D eigenvalue weighted by Crippen LogP contribution is 2.32. The van der Waals surface area contributed by atoms with Crippen LogP contribution >= 0.6 is 23.7 Å². The van der Waals surface area contributed by atoms with E-state index in [9.17, 15) is 13.2 Å². The lowest BCUT2D eigenvalue weighted by Crippen LogP contribution is -2.41. The molecule has 3 rings (SSSR count). The van der Waals surface area contributed by atoms with Crippen LogP contribution in [0.1, 0.15) is 25.0 Å². The Morgan fingerprint density at radius 3 is 2.31 bits per heavy atom. The second kappa shape index (κ2) is 11.2. The predicted molar refractivity (Wildman–Crippen MR) is 135 cm³/mol. The minimum Gasteiger partial charge on any atom is -0.302 e. The van der Waals surface area contributed by atoms with E-state index in [-0.39, 0.29) is 17.3 Å². The number of aryl methyl sites for hydroxylation is 2. The summed E-state index contributed by atoms with van der Waals surface area (Å²) >= 11 is 1.44. The number of carbonyl (C=O) groups excluding carboxylic acids is 1. The standard InChI is InChI=1S/C23H29N3O3S2.ClH/c1-5-25(6-2)12-13-26(21(27)16-31(28,29)19-10-8-7-9-11-19)23-24-20-15-17(3)14-18(4)22(20)30-23;/h7-11,14-15H,5-6,12-13,16H2,1-4H3;1H. The summed E-state index contributed by atoms with van der Waals surface area (Å²) in [5.41, 5.74) is 3.05. The number of hydrogen-bond donors (Lipinski definition) is 0. The third-order valence-electron chi connectivity index (χ3n) is 5.29. The van der Waals surface area contributed by atoms with Crippen LogP contribution in [0.3, 0.4) is 0 Å². The monoisotopic (exact) mass is 495 g/mol. The fourth-order valence-electron chi connectivity index (χ4n) is 3.54. The van der Waals surface area contributed by atoms with Crippen molar-refractivity contribution in [3.8, 4) is 0 Å². The first-order valence-electron chi connectivity index (χ1n) is 10.4. The molecule has 1 aromatic heterocycles. The number of sulfone groups is 1. The molecule has 3 aromatic rings. The summed E-state index contributed by atoms with van der Waals surface area (Å²) in [4.78, 5) is 21.8. The van der Waals surface area contributed by atoms with Crippen molar-refractivity contribution >= 4 is 54.8 Å². The SMILES string of the molecule is CCN(CC)CCN(C(=O)CS(=O)(=O)c1ccccc1)c1nc2cc(C)cc(C)c2s1.Cl. The summed E-state index contributed by atoms with van der Waals surface area (Å²) in [5, 5.41) is 0.545. The number of likely N-dealkylation sites (N-methyl/N-ethyl adjacent to an activating group) is 1. The first-order chi connectivity index (χ1) is 14.7. The van der Waals surface area contributed by atoms with E-state index in [1.54, 1.807) is 18.2 Å². The highest BCUT2D eigenvalue weighted by molar-refractivity contribution is 7.92. The van der Waals surface area contributed by atoms with Gasteiger partial charge in [0.05, 0.1) is 15.1 Å². The van der Waals surface area contributed by atoms with Gasteiger partial charge in [-0.05, 0) is 56.3 Å². The number of fused-ring (bicyclic) bond motifs is 1. The molecule has 0 unspecified atom stereocenters. The number of carbonyl (C=O) groups is 1.